The first-order valence-corrected chi connectivity index (χ1v) is 0.548. The van der Waals surface area contributed by atoms with Crippen molar-refractivity contribution in [1.82, 2.24) is 12.3 Å². The van der Waals surface area contributed by atoms with Gasteiger partial charge >= 0.3 is 22.4 Å². The number of nitrogens with zero attached hydrogens (tertiary/aromatic N) is 3. The predicted molar refractivity (Wildman–Crippen MR) is 14.6 cm³/mol. The van der Waals surface area contributed by atoms with Gasteiger partial charge in [0.2, 0.25) is 0 Å². The summed E-state index contributed by atoms with van der Waals surface area (Å²) in [5, 5.41) is 14.8. The molecule has 7 heteroatoms. The maximum absolute atomic E-state index is 8.25. The van der Waals surface area contributed by atoms with E-state index in [1.54, 1.807) is 0 Å². The smallest absolute Gasteiger partial charge is 0.356 e. The first kappa shape index (κ1) is 28.8. The van der Waals surface area contributed by atoms with Crippen molar-refractivity contribution in [3.8, 4) is 0 Å². The summed E-state index contributed by atoms with van der Waals surface area (Å²) in [6.45, 7) is 0. The fourth-order valence-electron chi connectivity index (χ4n) is 0. The second kappa shape index (κ2) is 16.9. The summed E-state index contributed by atoms with van der Waals surface area (Å²) in [6.07, 6.45) is 0. The molecule has 6 nitrogen and oxygen atoms in total. The standard InChI is InChI=1S/Ag.NO3.2N/c;2-1(3)4;;/q+1;-1;;. The molecule has 0 heterocycles. The average Bonchev–Trinajstić information content (AvgIpc) is 0.811. The third kappa shape index (κ3) is 4470. The maximum atomic E-state index is 8.25. The summed E-state index contributed by atoms with van der Waals surface area (Å²) in [4.78, 5) is 8.25. The molecule has 0 aromatic heterocycles. The Kier molecular flexibility index (Phi) is 69.6. The quantitative estimate of drug-likeness (QED) is 0.275. The molecule has 0 atom stereocenters. The van der Waals surface area contributed by atoms with Crippen molar-refractivity contribution < 1.29 is 27.5 Å². The number of hydrogen-bond acceptors (Lipinski definition) is 3. The second-order valence-electron chi connectivity index (χ2n) is 0.224. The third-order valence-corrected chi connectivity index (χ3v) is 0. The van der Waals surface area contributed by atoms with Gasteiger partial charge in [-0.05, 0) is 0 Å². The molecular formula is AgN3O3. The van der Waals surface area contributed by atoms with E-state index in [4.69, 9.17) is 15.3 Å². The Morgan fingerprint density at radius 3 is 1.14 bits per heavy atom. The minimum absolute atomic E-state index is 0. The third-order valence-electron chi connectivity index (χ3n) is 0. The summed E-state index contributed by atoms with van der Waals surface area (Å²) >= 11 is 0. The summed E-state index contributed by atoms with van der Waals surface area (Å²) < 4.78 is 0. The molecule has 0 aromatic rings. The molecule has 0 spiro atoms. The van der Waals surface area contributed by atoms with E-state index in [1.165, 1.54) is 0 Å². The van der Waals surface area contributed by atoms with Gasteiger partial charge in [-0.15, -0.1) is 0 Å². The van der Waals surface area contributed by atoms with Gasteiger partial charge in [-0.3, -0.25) is 0 Å². The van der Waals surface area contributed by atoms with Crippen LogP contribution in [0.4, 0.5) is 0 Å². The monoisotopic (exact) mass is 197 g/mol. The molecule has 0 saturated carbocycles. The van der Waals surface area contributed by atoms with Crippen molar-refractivity contribution in [2.45, 2.75) is 0 Å². The van der Waals surface area contributed by atoms with Gasteiger partial charge in [-0.1, -0.05) is 0 Å². The molecule has 44 valence electrons. The van der Waals surface area contributed by atoms with Crippen LogP contribution >= 0.6 is 0 Å². The van der Waals surface area contributed by atoms with Gasteiger partial charge in [0.05, 0.1) is 5.09 Å². The van der Waals surface area contributed by atoms with Crippen LogP contribution in [-0.2, 0) is 22.4 Å². The zero-order valence-corrected chi connectivity index (χ0v) is 4.35. The molecule has 0 aromatic carbocycles. The molecule has 0 fully saturated rings. The Morgan fingerprint density at radius 2 is 1.14 bits per heavy atom. The number of hydrogen-bond donors (Lipinski definition) is 0. The zero-order valence-electron chi connectivity index (χ0n) is 2.87. The first-order valence-electron chi connectivity index (χ1n) is 0.548. The molecule has 0 aliphatic carbocycles. The normalized spacial score (nSPS) is 3.43. The van der Waals surface area contributed by atoms with Crippen molar-refractivity contribution in [3.05, 3.63) is 15.3 Å². The molecule has 0 bridgehead atoms. The molecular weight excluding hydrogens is 198 g/mol. The van der Waals surface area contributed by atoms with Crippen molar-refractivity contribution in [2.24, 2.45) is 0 Å². The van der Waals surface area contributed by atoms with E-state index in [0.717, 1.165) is 0 Å². The SMILES string of the molecule is O=[N+]([O-])[O-].[Ag+].[N].[N]. The largest absolute Gasteiger partial charge is 1.00 e. The van der Waals surface area contributed by atoms with Crippen LogP contribution in [0.1, 0.15) is 0 Å². The Bertz CT molecular complexity index is 33.2. The van der Waals surface area contributed by atoms with Gasteiger partial charge < -0.3 is 15.3 Å². The number of rotatable bonds is 0. The predicted octanol–water partition coefficient (Wildman–Crippen LogP) is -1.20. The van der Waals surface area contributed by atoms with Gasteiger partial charge in [0.15, 0.2) is 0 Å². The van der Waals surface area contributed by atoms with E-state index < -0.39 is 5.09 Å². The van der Waals surface area contributed by atoms with Crippen LogP contribution in [0.2, 0.25) is 0 Å². The van der Waals surface area contributed by atoms with Crippen molar-refractivity contribution in [2.75, 3.05) is 0 Å². The van der Waals surface area contributed by atoms with Gasteiger partial charge in [-0.2, -0.15) is 0 Å². The van der Waals surface area contributed by atoms with Gasteiger partial charge in [0.25, 0.3) is 0 Å². The van der Waals surface area contributed by atoms with Crippen LogP contribution in [-0.4, -0.2) is 5.09 Å². The topological polar surface area (TPSA) is 127 Å². The fourth-order valence-corrected chi connectivity index (χ4v) is 0. The Morgan fingerprint density at radius 1 is 1.14 bits per heavy atom. The Balaban J connectivity index is -0.0000000150. The fraction of sp³-hybridized carbons (Fsp3) is 0. The van der Waals surface area contributed by atoms with Crippen LogP contribution in [0.15, 0.2) is 0 Å². The second-order valence-corrected chi connectivity index (χ2v) is 0.224. The summed E-state index contributed by atoms with van der Waals surface area (Å²) in [5.41, 5.74) is 0. The molecule has 0 unspecified atom stereocenters. The van der Waals surface area contributed by atoms with E-state index in [9.17, 15) is 0 Å². The van der Waals surface area contributed by atoms with Gasteiger partial charge in [0, 0.05) is 12.3 Å². The minimum Gasteiger partial charge on any atom is -0.356 e. The summed E-state index contributed by atoms with van der Waals surface area (Å²) in [5.74, 6) is 0. The van der Waals surface area contributed by atoms with Gasteiger partial charge in [0.1, 0.15) is 0 Å². The first-order chi connectivity index (χ1) is 1.73. The Labute approximate surface area is 55.7 Å². The van der Waals surface area contributed by atoms with Crippen LogP contribution < -0.4 is 12.3 Å². The van der Waals surface area contributed by atoms with Crippen molar-refractivity contribution in [1.29, 1.82) is 0 Å². The van der Waals surface area contributed by atoms with Crippen molar-refractivity contribution in [3.63, 3.8) is 0 Å². The molecule has 6 radical (unpaired) electrons. The molecule has 0 rings (SSSR count). The van der Waals surface area contributed by atoms with E-state index >= 15 is 0 Å². The molecule has 0 aliphatic heterocycles. The van der Waals surface area contributed by atoms with E-state index in [1.807, 2.05) is 0 Å². The van der Waals surface area contributed by atoms with Crippen molar-refractivity contribution >= 4 is 0 Å². The van der Waals surface area contributed by atoms with E-state index in [0.29, 0.717) is 0 Å². The molecule has 0 N–H and O–H groups in total. The molecule has 7 heavy (non-hydrogen) atoms. The zero-order chi connectivity index (χ0) is 3.58. The van der Waals surface area contributed by atoms with Gasteiger partial charge in [-0.25, -0.2) is 0 Å². The minimum atomic E-state index is -1.75. The summed E-state index contributed by atoms with van der Waals surface area (Å²) in [6, 6.07) is 0. The summed E-state index contributed by atoms with van der Waals surface area (Å²) in [7, 11) is 0. The molecule has 0 amide bonds. The maximum Gasteiger partial charge on any atom is 1.00 e. The van der Waals surface area contributed by atoms with E-state index in [-0.39, 0.29) is 34.7 Å². The van der Waals surface area contributed by atoms with Crippen LogP contribution in [0, 0.1) is 15.3 Å². The molecule has 0 aliphatic rings. The van der Waals surface area contributed by atoms with Crippen LogP contribution in [0.5, 0.6) is 0 Å². The average molecular weight is 198 g/mol. The Hall–Kier alpha value is -0.140. The van der Waals surface area contributed by atoms with Crippen LogP contribution in [0.25, 0.3) is 0 Å². The van der Waals surface area contributed by atoms with Crippen LogP contribution in [0.3, 0.4) is 0 Å². The molecule has 0 saturated heterocycles. The van der Waals surface area contributed by atoms with E-state index in [2.05, 4.69) is 0 Å².